The molecule has 1 heterocycles. The number of benzene rings is 2. The van der Waals surface area contributed by atoms with Crippen LogP contribution in [0.1, 0.15) is 32.9 Å². The Morgan fingerprint density at radius 1 is 1.07 bits per heavy atom. The van der Waals surface area contributed by atoms with Gasteiger partial charge in [-0.15, -0.1) is 0 Å². The molecular weight excluding hydrogens is 378 g/mol. The minimum Gasteiger partial charge on any atom is -0.545 e. The summed E-state index contributed by atoms with van der Waals surface area (Å²) in [7, 11) is 0. The molecule has 6 heteroatoms. The maximum atomic E-state index is 12.6. The van der Waals surface area contributed by atoms with Gasteiger partial charge in [0.2, 0.25) is 0 Å². The van der Waals surface area contributed by atoms with Gasteiger partial charge in [-0.2, -0.15) is 5.26 Å². The summed E-state index contributed by atoms with van der Waals surface area (Å²) in [6.45, 7) is 5.69. The Morgan fingerprint density at radius 2 is 1.77 bits per heavy atom. The van der Waals surface area contributed by atoms with E-state index in [0.717, 1.165) is 28.2 Å². The van der Waals surface area contributed by atoms with Gasteiger partial charge in [0.25, 0.3) is 5.91 Å². The van der Waals surface area contributed by atoms with Gasteiger partial charge in [0.05, 0.1) is 5.97 Å². The van der Waals surface area contributed by atoms with Crippen molar-refractivity contribution in [3.63, 3.8) is 0 Å². The lowest BCUT2D eigenvalue weighted by atomic mass is 10.1. The number of amides is 1. The fraction of sp³-hybridized carbons (Fsp3) is 0.125. The Hall–Kier alpha value is -4.11. The maximum Gasteiger partial charge on any atom is 0.266 e. The lowest BCUT2D eigenvalue weighted by molar-refractivity contribution is -0.255. The van der Waals surface area contributed by atoms with Crippen molar-refractivity contribution >= 4 is 23.6 Å². The van der Waals surface area contributed by atoms with E-state index < -0.39 is 11.9 Å². The van der Waals surface area contributed by atoms with Crippen molar-refractivity contribution in [1.82, 2.24) is 4.57 Å². The second kappa shape index (κ2) is 8.50. The number of carbonyl (C=O) groups is 2. The van der Waals surface area contributed by atoms with E-state index >= 15 is 0 Å². The first-order valence-electron chi connectivity index (χ1n) is 9.30. The van der Waals surface area contributed by atoms with Gasteiger partial charge in [-0.25, -0.2) is 0 Å². The summed E-state index contributed by atoms with van der Waals surface area (Å²) < 4.78 is 1.93. The highest BCUT2D eigenvalue weighted by Gasteiger charge is 2.14. The Bertz CT molecular complexity index is 1200. The number of aromatic nitrogens is 1. The van der Waals surface area contributed by atoms with Gasteiger partial charge in [-0.3, -0.25) is 4.79 Å². The maximum absolute atomic E-state index is 12.6. The average molecular weight is 398 g/mol. The number of hydrogen-bond acceptors (Lipinski definition) is 4. The van der Waals surface area contributed by atoms with E-state index in [2.05, 4.69) is 5.32 Å². The minimum atomic E-state index is -1.23. The molecule has 0 fully saturated rings. The Kier molecular flexibility index (Phi) is 5.84. The van der Waals surface area contributed by atoms with Gasteiger partial charge in [-0.05, 0) is 73.9 Å². The lowest BCUT2D eigenvalue weighted by Gasteiger charge is -2.11. The van der Waals surface area contributed by atoms with Gasteiger partial charge < -0.3 is 19.8 Å². The number of carboxylic acids is 1. The summed E-state index contributed by atoms with van der Waals surface area (Å²) in [4.78, 5) is 23.5. The van der Waals surface area contributed by atoms with Crippen LogP contribution in [-0.2, 0) is 4.79 Å². The molecule has 0 aliphatic carbocycles. The molecule has 0 spiro atoms. The molecule has 3 aromatic rings. The molecule has 3 rings (SSSR count). The fourth-order valence-electron chi connectivity index (χ4n) is 3.30. The number of aromatic carboxylic acids is 1. The van der Waals surface area contributed by atoms with Crippen molar-refractivity contribution in [1.29, 1.82) is 5.26 Å². The third kappa shape index (κ3) is 4.31. The first-order valence-corrected chi connectivity index (χ1v) is 9.30. The van der Waals surface area contributed by atoms with Gasteiger partial charge in [0.15, 0.2) is 0 Å². The molecular formula is C24H20N3O3-. The average Bonchev–Trinajstić information content (AvgIpc) is 2.99. The van der Waals surface area contributed by atoms with Crippen molar-refractivity contribution in [2.24, 2.45) is 0 Å². The Balaban J connectivity index is 1.92. The van der Waals surface area contributed by atoms with Crippen molar-refractivity contribution < 1.29 is 14.7 Å². The van der Waals surface area contributed by atoms with E-state index in [1.54, 1.807) is 24.3 Å². The van der Waals surface area contributed by atoms with Crippen LogP contribution < -0.4 is 10.4 Å². The molecule has 0 saturated carbocycles. The zero-order valence-corrected chi connectivity index (χ0v) is 16.9. The standard InChI is InChI=1S/C24H21N3O3/c1-15-5-4-6-21(11-15)26-23(28)20(14-25)13-19-12-16(2)27(17(19)3)22-9-7-18(8-10-22)24(29)30/h4-13H,1-3H3,(H,26,28)(H,29,30)/p-1/b20-13-. The topological polar surface area (TPSA) is 98.0 Å². The zero-order chi connectivity index (χ0) is 21.8. The summed E-state index contributed by atoms with van der Waals surface area (Å²) in [6.07, 6.45) is 1.56. The number of aryl methyl sites for hydroxylation is 2. The fourth-order valence-corrected chi connectivity index (χ4v) is 3.30. The number of carbonyl (C=O) groups excluding carboxylic acids is 2. The zero-order valence-electron chi connectivity index (χ0n) is 16.9. The first kappa shape index (κ1) is 20.6. The molecule has 6 nitrogen and oxygen atoms in total. The molecule has 0 bridgehead atoms. The van der Waals surface area contributed by atoms with Crippen LogP contribution >= 0.6 is 0 Å². The van der Waals surface area contributed by atoms with E-state index in [4.69, 9.17) is 0 Å². The third-order valence-electron chi connectivity index (χ3n) is 4.77. The van der Waals surface area contributed by atoms with E-state index in [0.29, 0.717) is 5.69 Å². The normalized spacial score (nSPS) is 11.1. The second-order valence-corrected chi connectivity index (χ2v) is 6.99. The van der Waals surface area contributed by atoms with Crippen LogP contribution in [0.3, 0.4) is 0 Å². The first-order chi connectivity index (χ1) is 14.3. The van der Waals surface area contributed by atoms with Gasteiger partial charge in [0, 0.05) is 22.8 Å². The van der Waals surface area contributed by atoms with Gasteiger partial charge in [-0.1, -0.05) is 24.3 Å². The summed E-state index contributed by atoms with van der Waals surface area (Å²) in [5, 5.41) is 23.2. The summed E-state index contributed by atoms with van der Waals surface area (Å²) in [5.74, 6) is -1.71. The predicted octanol–water partition coefficient (Wildman–Crippen LogP) is 3.31. The van der Waals surface area contributed by atoms with E-state index in [1.807, 2.05) is 55.7 Å². The van der Waals surface area contributed by atoms with Crippen LogP contribution in [0.25, 0.3) is 11.8 Å². The van der Waals surface area contributed by atoms with Crippen LogP contribution in [0.4, 0.5) is 5.69 Å². The molecule has 0 unspecified atom stereocenters. The summed E-state index contributed by atoms with van der Waals surface area (Å²) in [6, 6.07) is 17.5. The Morgan fingerprint density at radius 3 is 2.37 bits per heavy atom. The molecule has 0 radical (unpaired) electrons. The largest absolute Gasteiger partial charge is 0.545 e. The molecule has 2 aromatic carbocycles. The van der Waals surface area contributed by atoms with Crippen molar-refractivity contribution in [3.8, 4) is 11.8 Å². The molecule has 1 N–H and O–H groups in total. The smallest absolute Gasteiger partial charge is 0.266 e. The highest BCUT2D eigenvalue weighted by Crippen LogP contribution is 2.23. The van der Waals surface area contributed by atoms with E-state index in [1.165, 1.54) is 12.1 Å². The predicted molar refractivity (Wildman–Crippen MR) is 113 cm³/mol. The highest BCUT2D eigenvalue weighted by atomic mass is 16.4. The van der Waals surface area contributed by atoms with Crippen LogP contribution in [0.2, 0.25) is 0 Å². The molecule has 0 aliphatic rings. The summed E-state index contributed by atoms with van der Waals surface area (Å²) in [5.41, 5.74) is 4.93. The number of carboxylic acid groups (broad SMARTS) is 1. The second-order valence-electron chi connectivity index (χ2n) is 6.99. The van der Waals surface area contributed by atoms with Crippen molar-refractivity contribution in [2.75, 3.05) is 5.32 Å². The Labute approximate surface area is 174 Å². The monoisotopic (exact) mass is 398 g/mol. The SMILES string of the molecule is Cc1cccc(NC(=O)/C(C#N)=C\c2cc(C)n(-c3ccc(C(=O)[O-])cc3)c2C)c1. The number of hydrogen-bond donors (Lipinski definition) is 1. The third-order valence-corrected chi connectivity index (χ3v) is 4.77. The summed E-state index contributed by atoms with van der Waals surface area (Å²) >= 11 is 0. The van der Waals surface area contributed by atoms with Crippen molar-refractivity contribution in [3.05, 3.63) is 88.2 Å². The number of anilines is 1. The molecule has 1 amide bonds. The quantitative estimate of drug-likeness (QED) is 0.527. The molecule has 0 aliphatic heterocycles. The highest BCUT2D eigenvalue weighted by molar-refractivity contribution is 6.09. The van der Waals surface area contributed by atoms with Crippen LogP contribution in [-0.4, -0.2) is 16.4 Å². The molecule has 30 heavy (non-hydrogen) atoms. The number of rotatable bonds is 5. The number of nitrogens with one attached hydrogen (secondary N) is 1. The van der Waals surface area contributed by atoms with Crippen LogP contribution in [0, 0.1) is 32.1 Å². The number of nitrogens with zero attached hydrogens (tertiary/aromatic N) is 2. The minimum absolute atomic E-state index is 0.0101. The van der Waals surface area contributed by atoms with E-state index in [-0.39, 0.29) is 11.1 Å². The van der Waals surface area contributed by atoms with E-state index in [9.17, 15) is 20.0 Å². The van der Waals surface area contributed by atoms with Crippen molar-refractivity contribution in [2.45, 2.75) is 20.8 Å². The molecule has 0 saturated heterocycles. The molecule has 0 atom stereocenters. The van der Waals surface area contributed by atoms with Crippen LogP contribution in [0.5, 0.6) is 0 Å². The van der Waals surface area contributed by atoms with Gasteiger partial charge in [0.1, 0.15) is 11.6 Å². The molecule has 1 aromatic heterocycles. The number of nitriles is 1. The van der Waals surface area contributed by atoms with Crippen LogP contribution in [0.15, 0.2) is 60.2 Å². The molecule has 150 valence electrons. The van der Waals surface area contributed by atoms with Gasteiger partial charge >= 0.3 is 0 Å². The lowest BCUT2D eigenvalue weighted by Crippen LogP contribution is -2.22.